The number of aromatic nitrogens is 1. The van der Waals surface area contributed by atoms with Crippen LogP contribution in [0.15, 0.2) is 77.9 Å². The van der Waals surface area contributed by atoms with Gasteiger partial charge in [0.05, 0.1) is 5.69 Å². The lowest BCUT2D eigenvalue weighted by atomic mass is 10.0. The first-order chi connectivity index (χ1) is 16.7. The molecule has 0 aliphatic heterocycles. The lowest BCUT2D eigenvalue weighted by molar-refractivity contribution is -0.705. The lowest BCUT2D eigenvalue weighted by Gasteiger charge is -2.08. The molecule has 1 heterocycles. The minimum atomic E-state index is -0.458. The summed E-state index contributed by atoms with van der Waals surface area (Å²) < 4.78 is 7.56. The van der Waals surface area contributed by atoms with Gasteiger partial charge in [0.25, 0.3) is 0 Å². The van der Waals surface area contributed by atoms with Gasteiger partial charge in [-0.2, -0.15) is 9.56 Å². The van der Waals surface area contributed by atoms with Gasteiger partial charge in [-0.25, -0.2) is 9.59 Å². The fourth-order valence-electron chi connectivity index (χ4n) is 3.76. The summed E-state index contributed by atoms with van der Waals surface area (Å²) in [6.07, 6.45) is 9.81. The number of unbranched alkanes of at least 4 members (excludes halogenated alkanes) is 3. The molecule has 0 bridgehead atoms. The topological polar surface area (TPSA) is 71.6 Å². The van der Waals surface area contributed by atoms with Crippen molar-refractivity contribution in [3.63, 3.8) is 0 Å². The fraction of sp³-hybridized carbons (Fsp3) is 0.321. The maximum atomic E-state index is 12.2. The van der Waals surface area contributed by atoms with E-state index in [-0.39, 0.29) is 0 Å². The van der Waals surface area contributed by atoms with E-state index in [4.69, 9.17) is 4.74 Å². The molecular formula is C28H32N3O3+. The zero-order valence-electron chi connectivity index (χ0n) is 19.7. The van der Waals surface area contributed by atoms with E-state index >= 15 is 0 Å². The predicted octanol–water partition coefficient (Wildman–Crippen LogP) is 5.90. The van der Waals surface area contributed by atoms with E-state index in [0.717, 1.165) is 24.0 Å². The molecule has 3 rings (SSSR count). The second-order valence-corrected chi connectivity index (χ2v) is 8.20. The molecule has 0 unspecified atom stereocenters. The van der Waals surface area contributed by atoms with Gasteiger partial charge >= 0.3 is 6.09 Å². The quantitative estimate of drug-likeness (QED) is 0.159. The molecule has 0 atom stereocenters. The van der Waals surface area contributed by atoms with Crippen molar-refractivity contribution in [3.8, 4) is 0 Å². The van der Waals surface area contributed by atoms with Crippen LogP contribution in [0.4, 0.5) is 16.2 Å². The molecule has 0 aliphatic rings. The Balaban J connectivity index is 1.43. The maximum absolute atomic E-state index is 12.2. The molecular weight excluding hydrogens is 426 g/mol. The molecule has 34 heavy (non-hydrogen) atoms. The van der Waals surface area contributed by atoms with Crippen LogP contribution in [0.2, 0.25) is 0 Å². The van der Waals surface area contributed by atoms with E-state index in [0.29, 0.717) is 24.5 Å². The Hall–Kier alpha value is -3.76. The van der Waals surface area contributed by atoms with Crippen molar-refractivity contribution in [2.75, 3.05) is 11.9 Å². The number of hydrogen-bond donors (Lipinski definition) is 1. The monoisotopic (exact) mass is 458 g/mol. The van der Waals surface area contributed by atoms with Gasteiger partial charge in [0.1, 0.15) is 0 Å². The average Bonchev–Trinajstić information content (AvgIpc) is 2.85. The van der Waals surface area contributed by atoms with Gasteiger partial charge in [0.2, 0.25) is 6.08 Å². The fourth-order valence-corrected chi connectivity index (χ4v) is 3.76. The number of nitrogens with one attached hydrogen (secondary N) is 1. The van der Waals surface area contributed by atoms with E-state index < -0.39 is 6.09 Å². The van der Waals surface area contributed by atoms with Crippen LogP contribution in [0.5, 0.6) is 0 Å². The zero-order chi connectivity index (χ0) is 24.0. The number of pyridine rings is 1. The van der Waals surface area contributed by atoms with Crippen LogP contribution in [-0.4, -0.2) is 18.8 Å². The Morgan fingerprint density at radius 3 is 2.41 bits per heavy atom. The molecule has 0 saturated carbocycles. The Labute approximate surface area is 201 Å². The number of rotatable bonds is 12. The van der Waals surface area contributed by atoms with E-state index in [2.05, 4.69) is 33.9 Å². The maximum Gasteiger partial charge on any atom is 0.411 e. The molecule has 3 aromatic rings. The summed E-state index contributed by atoms with van der Waals surface area (Å²) >= 11 is 0. The number of aryl methyl sites for hydroxylation is 1. The number of aliphatic imine (C=N–C) groups is 1. The Morgan fingerprint density at radius 1 is 0.971 bits per heavy atom. The standard InChI is InChI=1S/C28H31N3O3/c1-2-3-4-5-8-27-9-6-7-18-31(27)19-20-34-28(33)30-26-16-12-24(13-17-26)21-23-10-14-25(15-11-23)29-22-32/h6-7,9-18H,2-5,8,19-21H2,1H3/p+1. The number of anilines is 1. The molecule has 1 N–H and O–H groups in total. The summed E-state index contributed by atoms with van der Waals surface area (Å²) in [5.41, 5.74) is 4.76. The van der Waals surface area contributed by atoms with E-state index in [1.54, 1.807) is 12.1 Å². The molecule has 1 amide bonds. The first-order valence-corrected chi connectivity index (χ1v) is 11.8. The van der Waals surface area contributed by atoms with E-state index in [1.165, 1.54) is 37.5 Å². The second-order valence-electron chi connectivity index (χ2n) is 8.20. The first kappa shape index (κ1) is 24.9. The van der Waals surface area contributed by atoms with Crippen molar-refractivity contribution in [1.29, 1.82) is 0 Å². The van der Waals surface area contributed by atoms with Crippen molar-refractivity contribution in [2.24, 2.45) is 4.99 Å². The highest BCUT2D eigenvalue weighted by Gasteiger charge is 2.11. The summed E-state index contributed by atoms with van der Waals surface area (Å²) in [6, 6.07) is 21.3. The van der Waals surface area contributed by atoms with Crippen molar-refractivity contribution in [3.05, 3.63) is 89.7 Å². The summed E-state index contributed by atoms with van der Waals surface area (Å²) in [5.74, 6) is 0. The Kier molecular flexibility index (Phi) is 10.0. The van der Waals surface area contributed by atoms with Crippen LogP contribution in [0.25, 0.3) is 0 Å². The lowest BCUT2D eigenvalue weighted by Crippen LogP contribution is -2.40. The molecule has 1 aromatic heterocycles. The van der Waals surface area contributed by atoms with Crippen LogP contribution >= 0.6 is 0 Å². The minimum absolute atomic E-state index is 0.310. The molecule has 6 heteroatoms. The summed E-state index contributed by atoms with van der Waals surface area (Å²) in [5, 5.41) is 2.78. The number of isocyanates is 1. The van der Waals surface area contributed by atoms with Gasteiger partial charge in [0, 0.05) is 24.2 Å². The van der Waals surface area contributed by atoms with Gasteiger partial charge in [-0.05, 0) is 48.2 Å². The van der Waals surface area contributed by atoms with Crippen LogP contribution in [0.1, 0.15) is 49.4 Å². The van der Waals surface area contributed by atoms with Crippen molar-refractivity contribution < 1.29 is 18.9 Å². The number of carbonyl (C=O) groups is 1. The van der Waals surface area contributed by atoms with Crippen molar-refractivity contribution >= 4 is 23.5 Å². The van der Waals surface area contributed by atoms with Gasteiger partial charge in [-0.15, -0.1) is 0 Å². The average molecular weight is 459 g/mol. The number of nitrogens with zero attached hydrogens (tertiary/aromatic N) is 2. The molecule has 0 saturated heterocycles. The highest BCUT2D eigenvalue weighted by Crippen LogP contribution is 2.17. The van der Waals surface area contributed by atoms with Gasteiger partial charge < -0.3 is 4.74 Å². The third kappa shape index (κ3) is 8.30. The van der Waals surface area contributed by atoms with E-state index in [9.17, 15) is 9.59 Å². The Morgan fingerprint density at radius 2 is 1.71 bits per heavy atom. The molecule has 6 nitrogen and oxygen atoms in total. The Bertz CT molecular complexity index is 1090. The van der Waals surface area contributed by atoms with Gasteiger partial charge in [0.15, 0.2) is 25.0 Å². The van der Waals surface area contributed by atoms with Crippen LogP contribution in [0, 0.1) is 0 Å². The van der Waals surface area contributed by atoms with E-state index in [1.807, 2.05) is 48.7 Å². The third-order valence-corrected chi connectivity index (χ3v) is 5.61. The summed E-state index contributed by atoms with van der Waals surface area (Å²) in [6.45, 7) is 3.16. The highest BCUT2D eigenvalue weighted by molar-refractivity contribution is 5.84. The largest absolute Gasteiger partial charge is 0.443 e. The summed E-state index contributed by atoms with van der Waals surface area (Å²) in [7, 11) is 0. The third-order valence-electron chi connectivity index (χ3n) is 5.61. The molecule has 0 radical (unpaired) electrons. The highest BCUT2D eigenvalue weighted by atomic mass is 16.5. The predicted molar refractivity (Wildman–Crippen MR) is 133 cm³/mol. The zero-order valence-corrected chi connectivity index (χ0v) is 19.7. The second kappa shape index (κ2) is 13.7. The van der Waals surface area contributed by atoms with Crippen LogP contribution < -0.4 is 9.88 Å². The molecule has 0 spiro atoms. The molecule has 0 fully saturated rings. The molecule has 0 aliphatic carbocycles. The van der Waals surface area contributed by atoms with Crippen molar-refractivity contribution in [1.82, 2.24) is 0 Å². The number of ether oxygens (including phenoxy) is 1. The van der Waals surface area contributed by atoms with Crippen LogP contribution in [0.3, 0.4) is 0 Å². The first-order valence-electron chi connectivity index (χ1n) is 11.8. The SMILES string of the molecule is CCCCCCc1cccc[n+]1CCOC(=O)Nc1ccc(Cc2ccc(N=C=O)cc2)cc1. The number of amides is 1. The summed E-state index contributed by atoms with van der Waals surface area (Å²) in [4.78, 5) is 26.1. The number of carbonyl (C=O) groups excluding carboxylic acids is 2. The van der Waals surface area contributed by atoms with Gasteiger partial charge in [-0.1, -0.05) is 56.5 Å². The smallest absolute Gasteiger partial charge is 0.411 e. The molecule has 2 aromatic carbocycles. The number of hydrogen-bond acceptors (Lipinski definition) is 4. The normalized spacial score (nSPS) is 10.4. The van der Waals surface area contributed by atoms with Gasteiger partial charge in [-0.3, -0.25) is 5.32 Å². The van der Waals surface area contributed by atoms with Crippen molar-refractivity contribution in [2.45, 2.75) is 52.0 Å². The number of benzene rings is 2. The minimum Gasteiger partial charge on any atom is -0.443 e. The molecule has 176 valence electrons. The van der Waals surface area contributed by atoms with Crippen LogP contribution in [-0.2, 0) is 28.9 Å².